The number of benzene rings is 1. The summed E-state index contributed by atoms with van der Waals surface area (Å²) in [6.07, 6.45) is 2.16. The molecule has 1 N–H and O–H groups in total. The molecule has 29 heavy (non-hydrogen) atoms. The lowest BCUT2D eigenvalue weighted by Crippen LogP contribution is -2.38. The Balaban J connectivity index is 1.46. The summed E-state index contributed by atoms with van der Waals surface area (Å²) in [4.78, 5) is 54.0. The molecule has 1 aromatic carbocycles. The van der Waals surface area contributed by atoms with Gasteiger partial charge in [-0.2, -0.15) is 0 Å². The number of ether oxygens (including phenoxy) is 1. The number of imide groups is 1. The molecular formula is C21H26N2O6. The molecule has 1 saturated carbocycles. The summed E-state index contributed by atoms with van der Waals surface area (Å²) < 4.78 is 5.22. The minimum atomic E-state index is -0.616. The Kier molecular flexibility index (Phi) is 5.91. The van der Waals surface area contributed by atoms with Crippen LogP contribution in [0.3, 0.4) is 0 Å². The van der Waals surface area contributed by atoms with Gasteiger partial charge in [0.25, 0.3) is 11.8 Å². The molecule has 1 aliphatic carbocycles. The largest absolute Gasteiger partial charge is 0.444 e. The molecule has 1 heterocycles. The zero-order valence-electron chi connectivity index (χ0n) is 16.9. The highest BCUT2D eigenvalue weighted by molar-refractivity contribution is 6.20. The standard InChI is InChI=1S/C21H26N2O6/c1-21(2,3)28-20(27)22-12-13-8-10-14(11-9-13)19(26)29-23-17(24)15-6-4-5-7-16(15)18(23)25/h4-7,13-14H,8-12H2,1-3H3,(H,22,27). The summed E-state index contributed by atoms with van der Waals surface area (Å²) in [5, 5.41) is 3.32. The quantitative estimate of drug-likeness (QED) is 0.777. The molecule has 0 radical (unpaired) electrons. The van der Waals surface area contributed by atoms with Gasteiger partial charge in [0.1, 0.15) is 5.60 Å². The van der Waals surface area contributed by atoms with Gasteiger partial charge in [-0.05, 0) is 64.5 Å². The van der Waals surface area contributed by atoms with Gasteiger partial charge in [-0.1, -0.05) is 17.2 Å². The van der Waals surface area contributed by atoms with Gasteiger partial charge in [0, 0.05) is 6.54 Å². The predicted molar refractivity (Wildman–Crippen MR) is 103 cm³/mol. The molecule has 0 unspecified atom stereocenters. The van der Waals surface area contributed by atoms with E-state index in [9.17, 15) is 19.2 Å². The van der Waals surface area contributed by atoms with Gasteiger partial charge in [-0.3, -0.25) is 9.59 Å². The molecule has 0 aromatic heterocycles. The number of carbonyl (C=O) groups excluding carboxylic acids is 4. The van der Waals surface area contributed by atoms with Crippen molar-refractivity contribution in [2.75, 3.05) is 6.54 Å². The van der Waals surface area contributed by atoms with E-state index in [2.05, 4.69) is 5.32 Å². The summed E-state index contributed by atoms with van der Waals surface area (Å²) in [5.41, 5.74) is -0.0697. The first-order valence-corrected chi connectivity index (χ1v) is 9.82. The lowest BCUT2D eigenvalue weighted by Gasteiger charge is -2.28. The molecule has 1 aliphatic heterocycles. The third-order valence-electron chi connectivity index (χ3n) is 5.05. The number of hydrogen-bond donors (Lipinski definition) is 1. The highest BCUT2D eigenvalue weighted by Gasteiger charge is 2.40. The molecule has 0 spiro atoms. The van der Waals surface area contributed by atoms with Crippen LogP contribution < -0.4 is 5.32 Å². The fraction of sp³-hybridized carbons (Fsp3) is 0.524. The molecule has 1 fully saturated rings. The fourth-order valence-electron chi connectivity index (χ4n) is 3.56. The van der Waals surface area contributed by atoms with Crippen LogP contribution in [-0.2, 0) is 14.4 Å². The smallest absolute Gasteiger partial charge is 0.407 e. The van der Waals surface area contributed by atoms with Crippen LogP contribution in [0.2, 0.25) is 0 Å². The van der Waals surface area contributed by atoms with Gasteiger partial charge >= 0.3 is 12.1 Å². The van der Waals surface area contributed by atoms with E-state index in [1.54, 1.807) is 32.9 Å². The number of hydroxylamine groups is 2. The summed E-state index contributed by atoms with van der Waals surface area (Å²) >= 11 is 0. The van der Waals surface area contributed by atoms with Crippen molar-refractivity contribution < 1.29 is 28.8 Å². The molecule has 8 heteroatoms. The van der Waals surface area contributed by atoms with Crippen molar-refractivity contribution in [3.05, 3.63) is 35.4 Å². The van der Waals surface area contributed by atoms with Gasteiger partial charge in [-0.15, -0.1) is 0 Å². The monoisotopic (exact) mass is 402 g/mol. The average Bonchev–Trinajstić information content (AvgIpc) is 2.91. The van der Waals surface area contributed by atoms with E-state index in [1.165, 1.54) is 12.1 Å². The van der Waals surface area contributed by atoms with Crippen LogP contribution in [0.15, 0.2) is 24.3 Å². The topological polar surface area (TPSA) is 102 Å². The van der Waals surface area contributed by atoms with Crippen molar-refractivity contribution in [1.29, 1.82) is 0 Å². The lowest BCUT2D eigenvalue weighted by atomic mass is 9.82. The van der Waals surface area contributed by atoms with E-state index in [4.69, 9.17) is 9.57 Å². The van der Waals surface area contributed by atoms with E-state index < -0.39 is 29.5 Å². The van der Waals surface area contributed by atoms with Gasteiger partial charge in [0.15, 0.2) is 0 Å². The molecule has 1 aromatic rings. The Hall–Kier alpha value is -2.90. The third kappa shape index (κ3) is 4.93. The first-order chi connectivity index (χ1) is 13.7. The van der Waals surface area contributed by atoms with Crippen LogP contribution >= 0.6 is 0 Å². The summed E-state index contributed by atoms with van der Waals surface area (Å²) in [6, 6.07) is 6.38. The van der Waals surface area contributed by atoms with Gasteiger partial charge in [0.05, 0.1) is 17.0 Å². The van der Waals surface area contributed by atoms with E-state index in [-0.39, 0.29) is 23.0 Å². The summed E-state index contributed by atoms with van der Waals surface area (Å²) in [5.74, 6) is -1.94. The van der Waals surface area contributed by atoms with Crippen molar-refractivity contribution in [3.8, 4) is 0 Å². The van der Waals surface area contributed by atoms with Gasteiger partial charge in [0.2, 0.25) is 0 Å². The lowest BCUT2D eigenvalue weighted by molar-refractivity contribution is -0.175. The number of rotatable bonds is 4. The van der Waals surface area contributed by atoms with Crippen LogP contribution in [-0.4, -0.2) is 41.1 Å². The van der Waals surface area contributed by atoms with Gasteiger partial charge in [-0.25, -0.2) is 9.59 Å². The Labute approximate surface area is 169 Å². The second-order valence-corrected chi connectivity index (χ2v) is 8.46. The molecule has 0 bridgehead atoms. The minimum absolute atomic E-state index is 0.238. The second kappa shape index (κ2) is 8.23. The Morgan fingerprint density at radius 2 is 1.59 bits per heavy atom. The van der Waals surface area contributed by atoms with Gasteiger partial charge < -0.3 is 14.9 Å². The number of fused-ring (bicyclic) bond motifs is 1. The first-order valence-electron chi connectivity index (χ1n) is 9.82. The zero-order chi connectivity index (χ0) is 21.2. The van der Waals surface area contributed by atoms with Crippen LogP contribution in [0.1, 0.15) is 67.2 Å². The van der Waals surface area contributed by atoms with Crippen molar-refractivity contribution in [2.24, 2.45) is 11.8 Å². The summed E-state index contributed by atoms with van der Waals surface area (Å²) in [7, 11) is 0. The normalized spacial score (nSPS) is 21.6. The van der Waals surface area contributed by atoms with Crippen LogP contribution in [0.4, 0.5) is 4.79 Å². The number of nitrogens with one attached hydrogen (secondary N) is 1. The van der Waals surface area contributed by atoms with Crippen LogP contribution in [0.25, 0.3) is 0 Å². The van der Waals surface area contributed by atoms with Crippen molar-refractivity contribution in [2.45, 2.75) is 52.1 Å². The molecule has 0 saturated heterocycles. The number of nitrogens with zero attached hydrogens (tertiary/aromatic N) is 1. The van der Waals surface area contributed by atoms with Crippen LogP contribution in [0.5, 0.6) is 0 Å². The molecule has 8 nitrogen and oxygen atoms in total. The van der Waals surface area contributed by atoms with E-state index >= 15 is 0 Å². The number of hydrogen-bond acceptors (Lipinski definition) is 6. The number of carbonyl (C=O) groups is 4. The van der Waals surface area contributed by atoms with E-state index in [1.807, 2.05) is 0 Å². The molecule has 156 valence electrons. The minimum Gasteiger partial charge on any atom is -0.444 e. The predicted octanol–water partition coefficient (Wildman–Crippen LogP) is 3.07. The molecule has 2 aliphatic rings. The third-order valence-corrected chi connectivity index (χ3v) is 5.05. The fourth-order valence-corrected chi connectivity index (χ4v) is 3.56. The number of alkyl carbamates (subject to hydrolysis) is 1. The highest BCUT2D eigenvalue weighted by Crippen LogP contribution is 2.31. The number of amides is 3. The maximum atomic E-state index is 12.5. The molecule has 3 amide bonds. The average molecular weight is 402 g/mol. The second-order valence-electron chi connectivity index (χ2n) is 8.46. The Bertz CT molecular complexity index is 786. The SMILES string of the molecule is CC(C)(C)OC(=O)NCC1CCC(C(=O)ON2C(=O)c3ccccc3C2=O)CC1. The summed E-state index contributed by atoms with van der Waals surface area (Å²) in [6.45, 7) is 5.89. The van der Waals surface area contributed by atoms with E-state index in [0.29, 0.717) is 24.4 Å². The van der Waals surface area contributed by atoms with E-state index in [0.717, 1.165) is 12.8 Å². The van der Waals surface area contributed by atoms with Crippen LogP contribution in [0, 0.1) is 11.8 Å². The van der Waals surface area contributed by atoms with Crippen molar-refractivity contribution >= 4 is 23.9 Å². The molecule has 0 atom stereocenters. The molecular weight excluding hydrogens is 376 g/mol. The Morgan fingerprint density at radius 1 is 1.03 bits per heavy atom. The Morgan fingerprint density at radius 3 is 2.10 bits per heavy atom. The zero-order valence-corrected chi connectivity index (χ0v) is 16.9. The maximum Gasteiger partial charge on any atom is 0.407 e. The maximum absolute atomic E-state index is 12.5. The highest BCUT2D eigenvalue weighted by atomic mass is 16.7. The van der Waals surface area contributed by atoms with Crippen molar-refractivity contribution in [3.63, 3.8) is 0 Å². The van der Waals surface area contributed by atoms with Crippen molar-refractivity contribution in [1.82, 2.24) is 10.4 Å². The molecule has 3 rings (SSSR count). The first kappa shape index (κ1) is 20.8.